The van der Waals surface area contributed by atoms with Gasteiger partial charge in [-0.05, 0) is 43.2 Å². The normalized spacial score (nSPS) is 21.5. The molecule has 0 radical (unpaired) electrons. The third kappa shape index (κ3) is 3.95. The van der Waals surface area contributed by atoms with Gasteiger partial charge in [0.05, 0.1) is 0 Å². The van der Waals surface area contributed by atoms with Crippen molar-refractivity contribution >= 4 is 17.5 Å². The van der Waals surface area contributed by atoms with Crippen LogP contribution in [0.2, 0.25) is 5.15 Å². The highest BCUT2D eigenvalue weighted by molar-refractivity contribution is 6.29. The number of carbonyl (C=O) groups excluding carboxylic acids is 1. The fourth-order valence-electron chi connectivity index (χ4n) is 2.95. The van der Waals surface area contributed by atoms with Crippen LogP contribution < -0.4 is 5.32 Å². The van der Waals surface area contributed by atoms with Crippen LogP contribution in [0.5, 0.6) is 0 Å². The zero-order valence-corrected chi connectivity index (χ0v) is 13.3. The first-order valence-electron chi connectivity index (χ1n) is 7.37. The first kappa shape index (κ1) is 15.3. The Labute approximate surface area is 126 Å². The van der Waals surface area contributed by atoms with Crippen molar-refractivity contribution in [2.75, 3.05) is 0 Å². The van der Waals surface area contributed by atoms with Gasteiger partial charge in [-0.15, -0.1) is 0 Å². The van der Waals surface area contributed by atoms with Crippen LogP contribution in [0.25, 0.3) is 0 Å². The topological polar surface area (TPSA) is 42.0 Å². The van der Waals surface area contributed by atoms with E-state index in [2.05, 4.69) is 24.1 Å². The van der Waals surface area contributed by atoms with E-state index >= 15 is 0 Å². The molecule has 0 aliphatic heterocycles. The number of aromatic nitrogens is 1. The predicted molar refractivity (Wildman–Crippen MR) is 82.1 cm³/mol. The number of nitrogens with zero attached hydrogens (tertiary/aromatic N) is 1. The fourth-order valence-corrected chi connectivity index (χ4v) is 3.18. The van der Waals surface area contributed by atoms with Crippen LogP contribution in [0.1, 0.15) is 62.5 Å². The third-order valence-electron chi connectivity index (χ3n) is 4.01. The Morgan fingerprint density at radius 2 is 2.25 bits per heavy atom. The van der Waals surface area contributed by atoms with Gasteiger partial charge in [0.15, 0.2) is 0 Å². The lowest BCUT2D eigenvalue weighted by atomic mass is 9.75. The maximum Gasteiger partial charge on any atom is 0.251 e. The molecule has 4 heteroatoms. The van der Waals surface area contributed by atoms with E-state index in [0.717, 1.165) is 25.0 Å². The van der Waals surface area contributed by atoms with Gasteiger partial charge in [-0.1, -0.05) is 38.8 Å². The van der Waals surface area contributed by atoms with Gasteiger partial charge in [0, 0.05) is 17.3 Å². The number of amides is 1. The molecule has 1 heterocycles. The van der Waals surface area contributed by atoms with E-state index in [4.69, 9.17) is 11.6 Å². The molecule has 1 fully saturated rings. The summed E-state index contributed by atoms with van der Waals surface area (Å²) >= 11 is 5.97. The fraction of sp³-hybridized carbons (Fsp3) is 0.625. The molecule has 3 nitrogen and oxygen atoms in total. The molecule has 1 N–H and O–H groups in total. The van der Waals surface area contributed by atoms with Crippen molar-refractivity contribution in [3.63, 3.8) is 0 Å². The molecule has 1 aliphatic carbocycles. The average molecular weight is 295 g/mol. The van der Waals surface area contributed by atoms with E-state index in [-0.39, 0.29) is 11.9 Å². The quantitative estimate of drug-likeness (QED) is 0.856. The molecule has 0 aromatic carbocycles. The summed E-state index contributed by atoms with van der Waals surface area (Å²) in [7, 11) is 0. The molecule has 1 atom stereocenters. The number of aryl methyl sites for hydroxylation is 1. The number of nitrogens with one attached hydrogen (secondary N) is 1. The molecule has 1 amide bonds. The van der Waals surface area contributed by atoms with Gasteiger partial charge in [0.1, 0.15) is 5.15 Å². The molecule has 1 aromatic rings. The summed E-state index contributed by atoms with van der Waals surface area (Å²) in [6, 6.07) is 3.74. The first-order valence-corrected chi connectivity index (χ1v) is 7.75. The smallest absolute Gasteiger partial charge is 0.251 e. The molecule has 1 unspecified atom stereocenters. The summed E-state index contributed by atoms with van der Waals surface area (Å²) in [5.74, 6) is -0.0355. The minimum absolute atomic E-state index is 0.0355. The van der Waals surface area contributed by atoms with E-state index in [9.17, 15) is 4.79 Å². The number of halogens is 1. The number of rotatable bonds is 3. The number of hydrogen-bond acceptors (Lipinski definition) is 2. The lowest BCUT2D eigenvalue weighted by Crippen LogP contribution is -2.40. The second kappa shape index (κ2) is 6.13. The van der Waals surface area contributed by atoms with Crippen molar-refractivity contribution in [1.29, 1.82) is 0 Å². The summed E-state index contributed by atoms with van der Waals surface area (Å²) in [4.78, 5) is 16.5. The zero-order valence-electron chi connectivity index (χ0n) is 12.5. The van der Waals surface area contributed by atoms with E-state index in [0.29, 0.717) is 16.1 Å². The van der Waals surface area contributed by atoms with Crippen LogP contribution in [-0.2, 0) is 6.42 Å². The van der Waals surface area contributed by atoms with Crippen molar-refractivity contribution in [1.82, 2.24) is 10.3 Å². The van der Waals surface area contributed by atoms with Crippen LogP contribution in [0.15, 0.2) is 12.1 Å². The largest absolute Gasteiger partial charge is 0.349 e. The molecule has 20 heavy (non-hydrogen) atoms. The summed E-state index contributed by atoms with van der Waals surface area (Å²) in [6.45, 7) is 6.54. The van der Waals surface area contributed by atoms with Gasteiger partial charge in [0.25, 0.3) is 5.91 Å². The van der Waals surface area contributed by atoms with Crippen molar-refractivity contribution in [3.05, 3.63) is 28.5 Å². The van der Waals surface area contributed by atoms with Crippen LogP contribution >= 0.6 is 11.6 Å². The summed E-state index contributed by atoms with van der Waals surface area (Å²) in [5.41, 5.74) is 1.79. The molecule has 1 aliphatic rings. The average Bonchev–Trinajstić information content (AvgIpc) is 2.36. The number of carbonyl (C=O) groups is 1. The molecule has 1 aromatic heterocycles. The molecule has 0 spiro atoms. The summed E-state index contributed by atoms with van der Waals surface area (Å²) in [5, 5.41) is 3.53. The van der Waals surface area contributed by atoms with Crippen LogP contribution in [0, 0.1) is 5.41 Å². The van der Waals surface area contributed by atoms with Gasteiger partial charge < -0.3 is 5.32 Å². The molecule has 110 valence electrons. The van der Waals surface area contributed by atoms with Crippen molar-refractivity contribution < 1.29 is 4.79 Å². The Hall–Kier alpha value is -1.09. The highest BCUT2D eigenvalue weighted by Gasteiger charge is 2.29. The summed E-state index contributed by atoms with van der Waals surface area (Å²) in [6.07, 6.45) is 5.29. The molecular weight excluding hydrogens is 272 g/mol. The second-order valence-corrected chi connectivity index (χ2v) is 6.84. The number of hydrogen-bond donors (Lipinski definition) is 1. The van der Waals surface area contributed by atoms with E-state index < -0.39 is 0 Å². The van der Waals surface area contributed by atoms with Crippen molar-refractivity contribution in [2.45, 2.75) is 58.9 Å². The van der Waals surface area contributed by atoms with E-state index in [1.54, 1.807) is 6.07 Å². The molecule has 2 rings (SSSR count). The predicted octanol–water partition coefficient (Wildman–Crippen LogP) is 4.00. The van der Waals surface area contributed by atoms with Gasteiger partial charge in [-0.3, -0.25) is 4.79 Å². The Kier molecular flexibility index (Phi) is 4.69. The Morgan fingerprint density at radius 1 is 1.50 bits per heavy atom. The van der Waals surface area contributed by atoms with Gasteiger partial charge in [-0.2, -0.15) is 0 Å². The first-order chi connectivity index (χ1) is 9.39. The molecular formula is C16H23ClN2O. The van der Waals surface area contributed by atoms with Gasteiger partial charge in [0.2, 0.25) is 0 Å². The molecule has 0 bridgehead atoms. The Morgan fingerprint density at radius 3 is 2.90 bits per heavy atom. The van der Waals surface area contributed by atoms with Crippen LogP contribution in [0.3, 0.4) is 0 Å². The van der Waals surface area contributed by atoms with E-state index in [1.165, 1.54) is 12.8 Å². The monoisotopic (exact) mass is 294 g/mol. The Balaban J connectivity index is 2.06. The van der Waals surface area contributed by atoms with Gasteiger partial charge in [-0.25, -0.2) is 4.98 Å². The highest BCUT2D eigenvalue weighted by Crippen LogP contribution is 2.35. The molecule has 1 saturated carbocycles. The third-order valence-corrected chi connectivity index (χ3v) is 4.21. The molecule has 0 saturated heterocycles. The van der Waals surface area contributed by atoms with Crippen molar-refractivity contribution in [2.24, 2.45) is 5.41 Å². The zero-order chi connectivity index (χ0) is 14.8. The van der Waals surface area contributed by atoms with Crippen molar-refractivity contribution in [3.8, 4) is 0 Å². The summed E-state index contributed by atoms with van der Waals surface area (Å²) < 4.78 is 0. The highest BCUT2D eigenvalue weighted by atomic mass is 35.5. The van der Waals surface area contributed by atoms with E-state index in [1.807, 2.05) is 13.0 Å². The Bertz CT molecular complexity index is 499. The maximum absolute atomic E-state index is 12.3. The maximum atomic E-state index is 12.3. The van der Waals surface area contributed by atoms with Crippen LogP contribution in [0.4, 0.5) is 0 Å². The standard InChI is InChI=1S/C16H23ClN2O/c1-4-12-8-11(9-14(17)18-12)15(20)19-13-6-5-7-16(2,3)10-13/h8-9,13H,4-7,10H2,1-3H3,(H,19,20). The minimum Gasteiger partial charge on any atom is -0.349 e. The van der Waals surface area contributed by atoms with Gasteiger partial charge >= 0.3 is 0 Å². The van der Waals surface area contributed by atoms with Crippen LogP contribution in [-0.4, -0.2) is 16.9 Å². The SMILES string of the molecule is CCc1cc(C(=O)NC2CCCC(C)(C)C2)cc(Cl)n1. The second-order valence-electron chi connectivity index (χ2n) is 6.45. The lowest BCUT2D eigenvalue weighted by molar-refractivity contribution is 0.0902. The number of pyridine rings is 1. The minimum atomic E-state index is -0.0355. The lowest BCUT2D eigenvalue weighted by Gasteiger charge is -2.35.